The van der Waals surface area contributed by atoms with E-state index >= 15 is 0 Å². The van der Waals surface area contributed by atoms with E-state index in [1.165, 1.54) is 6.92 Å². The summed E-state index contributed by atoms with van der Waals surface area (Å²) in [4.78, 5) is 32.1. The third-order valence-corrected chi connectivity index (χ3v) is 4.01. The monoisotopic (exact) mass is 354 g/mol. The summed E-state index contributed by atoms with van der Waals surface area (Å²) in [5.41, 5.74) is 0.667. The fourth-order valence-corrected chi connectivity index (χ4v) is 2.67. The number of carbonyl (C=O) groups excluding carboxylic acids is 2. The summed E-state index contributed by atoms with van der Waals surface area (Å²) in [6.45, 7) is 3.34. The van der Waals surface area contributed by atoms with E-state index in [-0.39, 0.29) is 18.1 Å². The molecule has 5 nitrogen and oxygen atoms in total. The lowest BCUT2D eigenvalue weighted by Crippen LogP contribution is -2.09. The molecule has 2 heterocycles. The third-order valence-electron chi connectivity index (χ3n) is 2.36. The van der Waals surface area contributed by atoms with Gasteiger partial charge in [0.25, 0.3) is 0 Å². The van der Waals surface area contributed by atoms with Gasteiger partial charge in [-0.1, -0.05) is 0 Å². The van der Waals surface area contributed by atoms with Gasteiger partial charge in [-0.05, 0) is 35.0 Å². The summed E-state index contributed by atoms with van der Waals surface area (Å²) in [6, 6.07) is 3.59. The number of pyridine rings is 1. The molecule has 0 unspecified atom stereocenters. The molecule has 0 aliphatic carbocycles. The molecular formula is C13H11BrN2O3S. The molecule has 0 amide bonds. The number of carbonyl (C=O) groups is 2. The van der Waals surface area contributed by atoms with Crippen LogP contribution in [-0.4, -0.2) is 28.3 Å². The van der Waals surface area contributed by atoms with Crippen LogP contribution in [0.4, 0.5) is 0 Å². The summed E-state index contributed by atoms with van der Waals surface area (Å²) < 4.78 is 5.75. The van der Waals surface area contributed by atoms with Gasteiger partial charge in [0.2, 0.25) is 0 Å². The Bertz CT molecular complexity index is 652. The molecule has 0 N–H and O–H groups in total. The smallest absolute Gasteiger partial charge is 0.358 e. The van der Waals surface area contributed by atoms with Crippen molar-refractivity contribution in [2.45, 2.75) is 13.8 Å². The Morgan fingerprint density at radius 2 is 2.15 bits per heavy atom. The number of hydrogen-bond donors (Lipinski definition) is 0. The van der Waals surface area contributed by atoms with E-state index in [9.17, 15) is 9.59 Å². The second-order valence-electron chi connectivity index (χ2n) is 3.84. The molecule has 20 heavy (non-hydrogen) atoms. The van der Waals surface area contributed by atoms with Crippen molar-refractivity contribution in [3.05, 3.63) is 33.4 Å². The van der Waals surface area contributed by atoms with Crippen molar-refractivity contribution in [3.8, 4) is 10.7 Å². The summed E-state index contributed by atoms with van der Waals surface area (Å²) in [7, 11) is 0. The van der Waals surface area contributed by atoms with Gasteiger partial charge < -0.3 is 4.74 Å². The van der Waals surface area contributed by atoms with Crippen LogP contribution in [0.25, 0.3) is 10.7 Å². The fraction of sp³-hybridized carbons (Fsp3) is 0.231. The lowest BCUT2D eigenvalue weighted by molar-refractivity contribution is 0.0517. The molecule has 2 rings (SSSR count). The van der Waals surface area contributed by atoms with Crippen molar-refractivity contribution >= 4 is 39.0 Å². The van der Waals surface area contributed by atoms with E-state index in [4.69, 9.17) is 4.74 Å². The Kier molecular flexibility index (Phi) is 4.61. The molecule has 0 bridgehead atoms. The highest BCUT2D eigenvalue weighted by atomic mass is 79.9. The summed E-state index contributed by atoms with van der Waals surface area (Å²) in [6.07, 6.45) is 1.63. The maximum absolute atomic E-state index is 11.8. The van der Waals surface area contributed by atoms with Gasteiger partial charge in [0.15, 0.2) is 11.5 Å². The van der Waals surface area contributed by atoms with Gasteiger partial charge in [0.1, 0.15) is 9.88 Å². The van der Waals surface area contributed by atoms with Crippen molar-refractivity contribution in [2.24, 2.45) is 0 Å². The first-order valence-corrected chi connectivity index (χ1v) is 7.44. The van der Waals surface area contributed by atoms with Crippen LogP contribution in [0.15, 0.2) is 22.8 Å². The number of halogens is 1. The SMILES string of the molecule is CCOC(=O)c1nc(-c2ccc(Br)cn2)sc1C(C)=O. The number of Topliss-reactive ketones (excluding diaryl/α,β-unsaturated/α-hetero) is 1. The van der Waals surface area contributed by atoms with E-state index in [0.717, 1.165) is 15.8 Å². The van der Waals surface area contributed by atoms with Crippen LogP contribution >= 0.6 is 27.3 Å². The number of ketones is 1. The molecule has 0 radical (unpaired) electrons. The van der Waals surface area contributed by atoms with E-state index in [2.05, 4.69) is 25.9 Å². The molecule has 0 saturated carbocycles. The van der Waals surface area contributed by atoms with Crippen LogP contribution in [0.1, 0.15) is 34.0 Å². The molecule has 0 aliphatic heterocycles. The minimum absolute atomic E-state index is 0.0593. The minimum atomic E-state index is -0.586. The van der Waals surface area contributed by atoms with Gasteiger partial charge >= 0.3 is 5.97 Å². The predicted molar refractivity (Wildman–Crippen MR) is 79.0 cm³/mol. The quantitative estimate of drug-likeness (QED) is 0.621. The number of hydrogen-bond acceptors (Lipinski definition) is 6. The molecule has 0 spiro atoms. The van der Waals surface area contributed by atoms with Crippen LogP contribution in [0.2, 0.25) is 0 Å². The van der Waals surface area contributed by atoms with Crippen LogP contribution in [0.3, 0.4) is 0 Å². The zero-order chi connectivity index (χ0) is 14.7. The lowest BCUT2D eigenvalue weighted by Gasteiger charge is -1.98. The highest BCUT2D eigenvalue weighted by Gasteiger charge is 2.23. The van der Waals surface area contributed by atoms with Crippen molar-refractivity contribution in [3.63, 3.8) is 0 Å². The Morgan fingerprint density at radius 3 is 2.70 bits per heavy atom. The molecular weight excluding hydrogens is 344 g/mol. The van der Waals surface area contributed by atoms with Crippen molar-refractivity contribution in [2.75, 3.05) is 6.61 Å². The third kappa shape index (κ3) is 3.10. The Hall–Kier alpha value is -1.60. The summed E-state index contributed by atoms with van der Waals surface area (Å²) in [5.74, 6) is -0.800. The topological polar surface area (TPSA) is 69.2 Å². The number of rotatable bonds is 4. The van der Waals surface area contributed by atoms with E-state index < -0.39 is 5.97 Å². The summed E-state index contributed by atoms with van der Waals surface area (Å²) >= 11 is 4.44. The van der Waals surface area contributed by atoms with Gasteiger partial charge in [-0.2, -0.15) is 0 Å². The lowest BCUT2D eigenvalue weighted by atomic mass is 10.3. The van der Waals surface area contributed by atoms with Gasteiger partial charge in [-0.3, -0.25) is 9.78 Å². The zero-order valence-corrected chi connectivity index (χ0v) is 13.2. The average molecular weight is 355 g/mol. The predicted octanol–water partition coefficient (Wildman–Crippen LogP) is 3.35. The molecule has 7 heteroatoms. The second-order valence-corrected chi connectivity index (χ2v) is 5.75. The standard InChI is InChI=1S/C13H11BrN2O3S/c1-3-19-13(18)10-11(7(2)17)20-12(16-10)9-5-4-8(14)6-15-9/h4-6H,3H2,1-2H3. The van der Waals surface area contributed by atoms with Crippen LogP contribution in [-0.2, 0) is 4.74 Å². The minimum Gasteiger partial charge on any atom is -0.461 e. The average Bonchev–Trinajstić information content (AvgIpc) is 2.85. The van der Waals surface area contributed by atoms with Crippen LogP contribution in [0.5, 0.6) is 0 Å². The first-order valence-electron chi connectivity index (χ1n) is 5.83. The Morgan fingerprint density at radius 1 is 1.40 bits per heavy atom. The molecule has 2 aromatic heterocycles. The fourth-order valence-electron chi connectivity index (χ4n) is 1.51. The van der Waals surface area contributed by atoms with Gasteiger partial charge in [-0.25, -0.2) is 9.78 Å². The first-order chi connectivity index (χ1) is 9.52. The number of esters is 1. The van der Waals surface area contributed by atoms with Crippen molar-refractivity contribution < 1.29 is 14.3 Å². The molecule has 104 valence electrons. The molecule has 0 atom stereocenters. The van der Waals surface area contributed by atoms with E-state index in [1.807, 2.05) is 6.07 Å². The van der Waals surface area contributed by atoms with Crippen LogP contribution in [0, 0.1) is 0 Å². The highest BCUT2D eigenvalue weighted by molar-refractivity contribution is 9.10. The molecule has 0 fully saturated rings. The Balaban J connectivity index is 2.46. The molecule has 2 aromatic rings. The van der Waals surface area contributed by atoms with Crippen molar-refractivity contribution in [1.29, 1.82) is 0 Å². The van der Waals surface area contributed by atoms with Crippen molar-refractivity contribution in [1.82, 2.24) is 9.97 Å². The molecule has 0 aromatic carbocycles. The number of thiazole rings is 1. The maximum Gasteiger partial charge on any atom is 0.358 e. The number of ether oxygens (including phenoxy) is 1. The zero-order valence-electron chi connectivity index (χ0n) is 10.8. The largest absolute Gasteiger partial charge is 0.461 e. The Labute approximate surface area is 128 Å². The van der Waals surface area contributed by atoms with Crippen LogP contribution < -0.4 is 0 Å². The van der Waals surface area contributed by atoms with Gasteiger partial charge in [-0.15, -0.1) is 11.3 Å². The maximum atomic E-state index is 11.8. The number of nitrogens with zero attached hydrogens (tertiary/aromatic N) is 2. The summed E-state index contributed by atoms with van der Waals surface area (Å²) in [5, 5.41) is 0.519. The van der Waals surface area contributed by atoms with E-state index in [1.54, 1.807) is 19.2 Å². The molecule has 0 saturated heterocycles. The second kappa shape index (κ2) is 6.23. The highest BCUT2D eigenvalue weighted by Crippen LogP contribution is 2.28. The number of aromatic nitrogens is 2. The van der Waals surface area contributed by atoms with Gasteiger partial charge in [0, 0.05) is 17.6 Å². The molecule has 0 aliphatic rings. The first kappa shape index (κ1) is 14.8. The van der Waals surface area contributed by atoms with Gasteiger partial charge in [0.05, 0.1) is 12.3 Å². The van der Waals surface area contributed by atoms with E-state index in [0.29, 0.717) is 15.6 Å². The normalized spacial score (nSPS) is 10.3.